The summed E-state index contributed by atoms with van der Waals surface area (Å²) >= 11 is 0. The van der Waals surface area contributed by atoms with Crippen LogP contribution in [-0.4, -0.2) is 5.11 Å². The van der Waals surface area contributed by atoms with E-state index in [9.17, 15) is 13.9 Å². The predicted molar refractivity (Wildman–Crippen MR) is 58.5 cm³/mol. The van der Waals surface area contributed by atoms with E-state index in [0.29, 0.717) is 12.2 Å². The van der Waals surface area contributed by atoms with E-state index in [1.165, 1.54) is 6.07 Å². The highest BCUT2D eigenvalue weighted by molar-refractivity contribution is 5.26. The summed E-state index contributed by atoms with van der Waals surface area (Å²) in [5.74, 6) is -0.854. The van der Waals surface area contributed by atoms with Gasteiger partial charge in [-0.1, -0.05) is 13.0 Å². The van der Waals surface area contributed by atoms with E-state index in [-0.39, 0.29) is 5.56 Å². The molecule has 1 aromatic heterocycles. The number of aliphatic hydroxyl groups excluding tert-OH is 1. The van der Waals surface area contributed by atoms with Crippen molar-refractivity contribution >= 4 is 0 Å². The van der Waals surface area contributed by atoms with E-state index in [1.54, 1.807) is 12.1 Å². The summed E-state index contributed by atoms with van der Waals surface area (Å²) in [6.45, 7) is 1.92. The van der Waals surface area contributed by atoms with Crippen LogP contribution in [0, 0.1) is 11.6 Å². The Hall–Kier alpha value is -1.68. The maximum Gasteiger partial charge on any atom is 0.159 e. The zero-order chi connectivity index (χ0) is 12.4. The zero-order valence-corrected chi connectivity index (χ0v) is 9.28. The minimum Gasteiger partial charge on any atom is -0.463 e. The Labute approximate surface area is 97.5 Å². The SMILES string of the molecule is CCc1ccc(C(O)c2ccc(F)c(F)c2)o1. The van der Waals surface area contributed by atoms with Gasteiger partial charge >= 0.3 is 0 Å². The first-order valence-corrected chi connectivity index (χ1v) is 5.33. The molecule has 1 unspecified atom stereocenters. The van der Waals surface area contributed by atoms with Gasteiger partial charge in [-0.15, -0.1) is 0 Å². The van der Waals surface area contributed by atoms with E-state index in [1.807, 2.05) is 6.92 Å². The van der Waals surface area contributed by atoms with E-state index in [0.717, 1.165) is 17.9 Å². The van der Waals surface area contributed by atoms with Crippen molar-refractivity contribution < 1.29 is 18.3 Å². The molecule has 1 aromatic carbocycles. The van der Waals surface area contributed by atoms with Crippen molar-refractivity contribution in [2.75, 3.05) is 0 Å². The molecule has 2 nitrogen and oxygen atoms in total. The van der Waals surface area contributed by atoms with Crippen LogP contribution < -0.4 is 0 Å². The predicted octanol–water partition coefficient (Wildman–Crippen LogP) is 3.20. The number of rotatable bonds is 3. The van der Waals surface area contributed by atoms with Crippen molar-refractivity contribution in [1.82, 2.24) is 0 Å². The van der Waals surface area contributed by atoms with E-state index >= 15 is 0 Å². The zero-order valence-electron chi connectivity index (χ0n) is 9.28. The van der Waals surface area contributed by atoms with Crippen LogP contribution in [0.4, 0.5) is 8.78 Å². The monoisotopic (exact) mass is 238 g/mol. The van der Waals surface area contributed by atoms with E-state index < -0.39 is 17.7 Å². The molecular weight excluding hydrogens is 226 g/mol. The summed E-state index contributed by atoms with van der Waals surface area (Å²) < 4.78 is 31.1. The Morgan fingerprint density at radius 2 is 1.94 bits per heavy atom. The fourth-order valence-corrected chi connectivity index (χ4v) is 1.58. The Morgan fingerprint density at radius 1 is 1.18 bits per heavy atom. The average Bonchev–Trinajstić information content (AvgIpc) is 2.80. The molecule has 0 saturated carbocycles. The largest absolute Gasteiger partial charge is 0.463 e. The summed E-state index contributed by atoms with van der Waals surface area (Å²) in [6.07, 6.45) is -0.366. The molecule has 0 fully saturated rings. The molecule has 90 valence electrons. The summed E-state index contributed by atoms with van der Waals surface area (Å²) in [4.78, 5) is 0. The average molecular weight is 238 g/mol. The summed E-state index contributed by atoms with van der Waals surface area (Å²) in [7, 11) is 0. The van der Waals surface area contributed by atoms with Gasteiger partial charge in [-0.25, -0.2) is 8.78 Å². The maximum absolute atomic E-state index is 13.0. The lowest BCUT2D eigenvalue weighted by Crippen LogP contribution is -1.99. The van der Waals surface area contributed by atoms with Gasteiger partial charge in [0.1, 0.15) is 17.6 Å². The lowest BCUT2D eigenvalue weighted by atomic mass is 10.1. The lowest BCUT2D eigenvalue weighted by Gasteiger charge is -2.08. The molecule has 1 atom stereocenters. The van der Waals surface area contributed by atoms with Crippen LogP contribution in [0.1, 0.15) is 30.1 Å². The molecule has 17 heavy (non-hydrogen) atoms. The van der Waals surface area contributed by atoms with Crippen molar-refractivity contribution in [3.8, 4) is 0 Å². The van der Waals surface area contributed by atoms with Gasteiger partial charge in [-0.05, 0) is 29.8 Å². The molecule has 2 aromatic rings. The number of furan rings is 1. The molecular formula is C13H12F2O2. The van der Waals surface area contributed by atoms with Crippen LogP contribution in [-0.2, 0) is 6.42 Å². The first kappa shape index (κ1) is 11.8. The third-order valence-corrected chi connectivity index (χ3v) is 2.56. The number of benzene rings is 1. The summed E-state index contributed by atoms with van der Waals surface area (Å²) in [5.41, 5.74) is 0.265. The van der Waals surface area contributed by atoms with E-state index in [2.05, 4.69) is 0 Å². The van der Waals surface area contributed by atoms with Gasteiger partial charge in [-0.2, -0.15) is 0 Å². The first-order valence-electron chi connectivity index (χ1n) is 5.33. The lowest BCUT2D eigenvalue weighted by molar-refractivity contribution is 0.186. The fraction of sp³-hybridized carbons (Fsp3) is 0.231. The van der Waals surface area contributed by atoms with Gasteiger partial charge in [0.05, 0.1) is 0 Å². The van der Waals surface area contributed by atoms with Gasteiger partial charge < -0.3 is 9.52 Å². The van der Waals surface area contributed by atoms with Crippen molar-refractivity contribution in [2.24, 2.45) is 0 Å². The van der Waals surface area contributed by atoms with Crippen molar-refractivity contribution in [1.29, 1.82) is 0 Å². The van der Waals surface area contributed by atoms with Gasteiger partial charge in [0.25, 0.3) is 0 Å². The fourth-order valence-electron chi connectivity index (χ4n) is 1.58. The molecule has 1 heterocycles. The van der Waals surface area contributed by atoms with Gasteiger partial charge in [0, 0.05) is 6.42 Å². The highest BCUT2D eigenvalue weighted by Gasteiger charge is 2.16. The first-order chi connectivity index (χ1) is 8.11. The van der Waals surface area contributed by atoms with Crippen LogP contribution in [0.25, 0.3) is 0 Å². The smallest absolute Gasteiger partial charge is 0.159 e. The highest BCUT2D eigenvalue weighted by atomic mass is 19.2. The second kappa shape index (κ2) is 4.67. The Kier molecular flexibility index (Phi) is 3.24. The van der Waals surface area contributed by atoms with Gasteiger partial charge in [0.15, 0.2) is 11.6 Å². The highest BCUT2D eigenvalue weighted by Crippen LogP contribution is 2.25. The topological polar surface area (TPSA) is 33.4 Å². The Balaban J connectivity index is 2.29. The van der Waals surface area contributed by atoms with Crippen LogP contribution >= 0.6 is 0 Å². The van der Waals surface area contributed by atoms with Crippen LogP contribution in [0.5, 0.6) is 0 Å². The quantitative estimate of drug-likeness (QED) is 0.890. The molecule has 0 aliphatic rings. The molecule has 0 aliphatic carbocycles. The summed E-state index contributed by atoms with van der Waals surface area (Å²) in [5, 5.41) is 9.93. The van der Waals surface area contributed by atoms with Crippen molar-refractivity contribution in [3.63, 3.8) is 0 Å². The van der Waals surface area contributed by atoms with Crippen LogP contribution in [0.2, 0.25) is 0 Å². The summed E-state index contributed by atoms with van der Waals surface area (Å²) in [6, 6.07) is 6.66. The second-order valence-corrected chi connectivity index (χ2v) is 3.73. The number of hydrogen-bond donors (Lipinski definition) is 1. The van der Waals surface area contributed by atoms with Crippen molar-refractivity contribution in [3.05, 3.63) is 59.1 Å². The van der Waals surface area contributed by atoms with Crippen molar-refractivity contribution in [2.45, 2.75) is 19.4 Å². The molecule has 0 amide bonds. The minimum absolute atomic E-state index is 0.265. The molecule has 0 spiro atoms. The third-order valence-electron chi connectivity index (χ3n) is 2.56. The molecule has 2 rings (SSSR count). The molecule has 0 aliphatic heterocycles. The standard InChI is InChI=1S/C13H12F2O2/c1-2-9-4-6-12(17-9)13(16)8-3-5-10(14)11(15)7-8/h3-7,13,16H,2H2,1H3. The Morgan fingerprint density at radius 3 is 2.53 bits per heavy atom. The molecule has 4 heteroatoms. The van der Waals surface area contributed by atoms with Gasteiger partial charge in [0.2, 0.25) is 0 Å². The van der Waals surface area contributed by atoms with E-state index in [4.69, 9.17) is 4.42 Å². The van der Waals surface area contributed by atoms with Crippen LogP contribution in [0.3, 0.4) is 0 Å². The number of aliphatic hydroxyl groups is 1. The molecule has 1 N–H and O–H groups in total. The number of hydrogen-bond acceptors (Lipinski definition) is 2. The van der Waals surface area contributed by atoms with Crippen LogP contribution in [0.15, 0.2) is 34.7 Å². The third kappa shape index (κ3) is 2.36. The molecule has 0 radical (unpaired) electrons. The second-order valence-electron chi connectivity index (χ2n) is 3.73. The molecule has 0 bridgehead atoms. The number of aryl methyl sites for hydroxylation is 1. The molecule has 0 saturated heterocycles. The minimum atomic E-state index is -1.08. The Bertz CT molecular complexity index is 520. The maximum atomic E-state index is 13.0. The number of halogens is 2. The normalized spacial score (nSPS) is 12.7. The van der Waals surface area contributed by atoms with Gasteiger partial charge in [-0.3, -0.25) is 0 Å².